The average molecular weight is 234 g/mol. The zero-order valence-corrected chi connectivity index (χ0v) is 10.2. The van der Waals surface area contributed by atoms with Crippen molar-refractivity contribution >= 4 is 0 Å². The fourth-order valence-electron chi connectivity index (χ4n) is 1.66. The maximum absolute atomic E-state index is 13.1. The van der Waals surface area contributed by atoms with Crippen LogP contribution in [0.1, 0.15) is 17.0 Å². The second kappa shape index (κ2) is 4.57. The highest BCUT2D eigenvalue weighted by atomic mass is 19.1. The number of hydrogen-bond donors (Lipinski definition) is 0. The molecule has 0 bridgehead atoms. The summed E-state index contributed by atoms with van der Waals surface area (Å²) in [6.45, 7) is 4.09. The lowest BCUT2D eigenvalue weighted by Crippen LogP contribution is -2.03. The Balaban J connectivity index is 2.07. The van der Waals surface area contributed by atoms with Crippen molar-refractivity contribution in [2.24, 2.45) is 7.05 Å². The van der Waals surface area contributed by atoms with Gasteiger partial charge in [0.15, 0.2) is 0 Å². The summed E-state index contributed by atoms with van der Waals surface area (Å²) in [4.78, 5) is 0. The van der Waals surface area contributed by atoms with Crippen LogP contribution in [0.25, 0.3) is 0 Å². The fraction of sp³-hybridized carbons (Fsp3) is 0.308. The number of rotatable bonds is 3. The Kier molecular flexibility index (Phi) is 3.13. The largest absolute Gasteiger partial charge is 0.487 e. The number of nitrogens with zero attached hydrogens (tertiary/aromatic N) is 2. The predicted octanol–water partition coefficient (Wildman–Crippen LogP) is 2.76. The number of hydrogen-bond acceptors (Lipinski definition) is 2. The molecule has 1 aromatic heterocycles. The lowest BCUT2D eigenvalue weighted by molar-refractivity contribution is 0.294. The Morgan fingerprint density at radius 3 is 2.65 bits per heavy atom. The number of halogens is 1. The number of ether oxygens (including phenoxy) is 1. The maximum Gasteiger partial charge on any atom is 0.130 e. The van der Waals surface area contributed by atoms with Crippen molar-refractivity contribution in [1.82, 2.24) is 9.78 Å². The van der Waals surface area contributed by atoms with Gasteiger partial charge in [0, 0.05) is 7.05 Å². The van der Waals surface area contributed by atoms with Crippen LogP contribution in [0.3, 0.4) is 0 Å². The molecule has 0 aliphatic carbocycles. The topological polar surface area (TPSA) is 27.1 Å². The van der Waals surface area contributed by atoms with Crippen molar-refractivity contribution in [2.45, 2.75) is 20.5 Å². The molecule has 1 heterocycles. The second-order valence-electron chi connectivity index (χ2n) is 4.10. The zero-order chi connectivity index (χ0) is 12.4. The monoisotopic (exact) mass is 234 g/mol. The van der Waals surface area contributed by atoms with Crippen LogP contribution >= 0.6 is 0 Å². The second-order valence-corrected chi connectivity index (χ2v) is 4.10. The molecule has 0 saturated carbocycles. The molecule has 0 fully saturated rings. The minimum Gasteiger partial charge on any atom is -0.487 e. The lowest BCUT2D eigenvalue weighted by atomic mass is 10.2. The Bertz CT molecular complexity index is 534. The third-order valence-electron chi connectivity index (χ3n) is 2.62. The van der Waals surface area contributed by atoms with Crippen LogP contribution in [0, 0.1) is 19.7 Å². The summed E-state index contributed by atoms with van der Waals surface area (Å²) in [5, 5.41) is 4.23. The van der Waals surface area contributed by atoms with E-state index in [0.717, 1.165) is 11.4 Å². The first-order valence-electron chi connectivity index (χ1n) is 5.45. The van der Waals surface area contributed by atoms with Gasteiger partial charge < -0.3 is 4.74 Å². The normalized spacial score (nSPS) is 10.6. The van der Waals surface area contributed by atoms with Gasteiger partial charge in [-0.3, -0.25) is 4.68 Å². The van der Waals surface area contributed by atoms with Crippen LogP contribution in [0.2, 0.25) is 0 Å². The highest BCUT2D eigenvalue weighted by Gasteiger charge is 2.04. The molecule has 0 N–H and O–H groups in total. The predicted molar refractivity (Wildman–Crippen MR) is 63.4 cm³/mol. The fourth-order valence-corrected chi connectivity index (χ4v) is 1.66. The molecule has 0 unspecified atom stereocenters. The Hall–Kier alpha value is -1.84. The van der Waals surface area contributed by atoms with E-state index in [1.165, 1.54) is 6.07 Å². The third-order valence-corrected chi connectivity index (χ3v) is 2.62. The van der Waals surface area contributed by atoms with Crippen LogP contribution < -0.4 is 4.74 Å². The van der Waals surface area contributed by atoms with Gasteiger partial charge in [0.25, 0.3) is 0 Å². The molecular formula is C13H15FN2O. The van der Waals surface area contributed by atoms with Crippen molar-refractivity contribution in [1.29, 1.82) is 0 Å². The zero-order valence-electron chi connectivity index (χ0n) is 10.2. The first kappa shape index (κ1) is 11.6. The minimum absolute atomic E-state index is 0.214. The molecule has 0 atom stereocenters. The number of benzene rings is 1. The van der Waals surface area contributed by atoms with Gasteiger partial charge in [0.2, 0.25) is 0 Å². The van der Waals surface area contributed by atoms with Crippen LogP contribution in [0.4, 0.5) is 4.39 Å². The quantitative estimate of drug-likeness (QED) is 0.816. The van der Waals surface area contributed by atoms with E-state index in [1.807, 2.05) is 20.0 Å². The minimum atomic E-state index is -0.214. The third kappa shape index (κ3) is 2.64. The van der Waals surface area contributed by atoms with Gasteiger partial charge >= 0.3 is 0 Å². The van der Waals surface area contributed by atoms with Gasteiger partial charge in [0.1, 0.15) is 18.2 Å². The Morgan fingerprint density at radius 1 is 1.29 bits per heavy atom. The summed E-state index contributed by atoms with van der Waals surface area (Å²) < 4.78 is 20.4. The molecule has 0 aliphatic heterocycles. The summed E-state index contributed by atoms with van der Waals surface area (Å²) in [6, 6.07) is 6.71. The molecule has 0 saturated heterocycles. The van der Waals surface area contributed by atoms with E-state index in [9.17, 15) is 4.39 Å². The van der Waals surface area contributed by atoms with Crippen LogP contribution in [0.5, 0.6) is 5.75 Å². The molecule has 1 aromatic carbocycles. The van der Waals surface area contributed by atoms with Crippen molar-refractivity contribution < 1.29 is 9.13 Å². The Labute approximate surface area is 99.8 Å². The summed E-state index contributed by atoms with van der Waals surface area (Å²) in [7, 11) is 1.88. The summed E-state index contributed by atoms with van der Waals surface area (Å²) >= 11 is 0. The first-order valence-corrected chi connectivity index (χ1v) is 5.45. The summed E-state index contributed by atoms with van der Waals surface area (Å²) in [5.74, 6) is 0.455. The Morgan fingerprint density at radius 2 is 2.06 bits per heavy atom. The SMILES string of the molecule is Cc1cc(COc2ccc(F)c(C)c2)n(C)n1. The van der Waals surface area contributed by atoms with Crippen LogP contribution in [-0.2, 0) is 13.7 Å². The van der Waals surface area contributed by atoms with E-state index >= 15 is 0 Å². The van der Waals surface area contributed by atoms with Crippen molar-refractivity contribution in [3.05, 3.63) is 47.0 Å². The highest BCUT2D eigenvalue weighted by molar-refractivity contribution is 5.29. The van der Waals surface area contributed by atoms with Crippen LogP contribution in [-0.4, -0.2) is 9.78 Å². The van der Waals surface area contributed by atoms with E-state index in [-0.39, 0.29) is 5.82 Å². The molecule has 0 amide bonds. The van der Waals surface area contributed by atoms with E-state index in [0.29, 0.717) is 17.9 Å². The highest BCUT2D eigenvalue weighted by Crippen LogP contribution is 2.17. The summed E-state index contributed by atoms with van der Waals surface area (Å²) in [6.07, 6.45) is 0. The molecule has 2 aromatic rings. The van der Waals surface area contributed by atoms with E-state index in [1.54, 1.807) is 23.7 Å². The van der Waals surface area contributed by atoms with Crippen molar-refractivity contribution in [3.8, 4) is 5.75 Å². The molecule has 0 spiro atoms. The molecule has 0 radical (unpaired) electrons. The number of aromatic nitrogens is 2. The number of aryl methyl sites for hydroxylation is 3. The van der Waals surface area contributed by atoms with Crippen LogP contribution in [0.15, 0.2) is 24.3 Å². The van der Waals surface area contributed by atoms with E-state index in [2.05, 4.69) is 5.10 Å². The molecule has 17 heavy (non-hydrogen) atoms. The average Bonchev–Trinajstić information content (AvgIpc) is 2.59. The van der Waals surface area contributed by atoms with E-state index in [4.69, 9.17) is 4.74 Å². The lowest BCUT2D eigenvalue weighted by Gasteiger charge is -2.07. The molecular weight excluding hydrogens is 219 g/mol. The smallest absolute Gasteiger partial charge is 0.130 e. The maximum atomic E-state index is 13.1. The molecule has 2 rings (SSSR count). The molecule has 90 valence electrons. The van der Waals surface area contributed by atoms with Crippen molar-refractivity contribution in [3.63, 3.8) is 0 Å². The van der Waals surface area contributed by atoms with Crippen molar-refractivity contribution in [2.75, 3.05) is 0 Å². The standard InChI is InChI=1S/C13H15FN2O/c1-9-6-12(4-5-13(9)14)17-8-11-7-10(2)15-16(11)3/h4-7H,8H2,1-3H3. The van der Waals surface area contributed by atoms with Gasteiger partial charge in [-0.05, 0) is 43.7 Å². The first-order chi connectivity index (χ1) is 8.06. The van der Waals surface area contributed by atoms with Gasteiger partial charge in [-0.1, -0.05) is 0 Å². The molecule has 4 heteroatoms. The summed E-state index contributed by atoms with van der Waals surface area (Å²) in [5.41, 5.74) is 2.54. The van der Waals surface area contributed by atoms with E-state index < -0.39 is 0 Å². The van der Waals surface area contributed by atoms with Gasteiger partial charge in [-0.15, -0.1) is 0 Å². The van der Waals surface area contributed by atoms with Gasteiger partial charge in [-0.25, -0.2) is 4.39 Å². The molecule has 0 aliphatic rings. The molecule has 3 nitrogen and oxygen atoms in total. The van der Waals surface area contributed by atoms with Gasteiger partial charge in [0.05, 0.1) is 11.4 Å². The van der Waals surface area contributed by atoms with Gasteiger partial charge in [-0.2, -0.15) is 5.10 Å².